The maximum Gasteiger partial charge on any atom is 0.256 e. The second-order valence-electron chi connectivity index (χ2n) is 2.36. The van der Waals surface area contributed by atoms with Gasteiger partial charge in [-0.2, -0.15) is 5.10 Å². The van der Waals surface area contributed by atoms with Crippen molar-refractivity contribution >= 4 is 11.7 Å². The smallest absolute Gasteiger partial charge is 0.256 e. The van der Waals surface area contributed by atoms with Gasteiger partial charge >= 0.3 is 0 Å². The average molecular weight is 168 g/mol. The van der Waals surface area contributed by atoms with E-state index < -0.39 is 0 Å². The minimum absolute atomic E-state index is 0.202. The number of nitrogen functional groups attached to an aromatic ring is 1. The van der Waals surface area contributed by atoms with Crippen LogP contribution < -0.4 is 11.1 Å². The van der Waals surface area contributed by atoms with Gasteiger partial charge in [0, 0.05) is 19.8 Å². The highest BCUT2D eigenvalue weighted by atomic mass is 16.1. The minimum Gasteiger partial charge on any atom is -0.382 e. The van der Waals surface area contributed by atoms with E-state index in [4.69, 9.17) is 5.73 Å². The Morgan fingerprint density at radius 2 is 2.50 bits per heavy atom. The van der Waals surface area contributed by atoms with Gasteiger partial charge in [0.1, 0.15) is 5.56 Å². The molecule has 1 heterocycles. The van der Waals surface area contributed by atoms with Gasteiger partial charge in [-0.3, -0.25) is 9.48 Å². The quantitative estimate of drug-likeness (QED) is 0.644. The summed E-state index contributed by atoms with van der Waals surface area (Å²) in [5.74, 6) is 0.0726. The topological polar surface area (TPSA) is 72.9 Å². The van der Waals surface area contributed by atoms with Gasteiger partial charge in [-0.1, -0.05) is 0 Å². The van der Waals surface area contributed by atoms with Crippen molar-refractivity contribution in [3.05, 3.63) is 11.8 Å². The summed E-state index contributed by atoms with van der Waals surface area (Å²) < 4.78 is 1.62. The van der Waals surface area contributed by atoms with E-state index in [1.54, 1.807) is 17.9 Å². The van der Waals surface area contributed by atoms with E-state index in [0.717, 1.165) is 0 Å². The molecule has 0 spiro atoms. The van der Waals surface area contributed by atoms with Crippen molar-refractivity contribution in [1.29, 1.82) is 0 Å². The first-order valence-electron chi connectivity index (χ1n) is 3.74. The summed E-state index contributed by atoms with van der Waals surface area (Å²) in [6.45, 7) is 2.64. The fraction of sp³-hybridized carbons (Fsp3) is 0.429. The molecule has 0 radical (unpaired) electrons. The van der Waals surface area contributed by atoms with E-state index in [2.05, 4.69) is 10.4 Å². The molecular weight excluding hydrogens is 156 g/mol. The molecule has 1 aromatic rings. The molecule has 5 nitrogen and oxygen atoms in total. The number of hydrogen-bond donors (Lipinski definition) is 2. The van der Waals surface area contributed by atoms with Crippen molar-refractivity contribution in [2.75, 3.05) is 12.8 Å². The SMILES string of the molecule is CCn1cc(C(=O)NC)c(N)n1. The Hall–Kier alpha value is -1.52. The van der Waals surface area contributed by atoms with Crippen molar-refractivity contribution in [3.8, 4) is 0 Å². The van der Waals surface area contributed by atoms with Crippen molar-refractivity contribution in [2.45, 2.75) is 13.5 Å². The number of aromatic nitrogens is 2. The summed E-state index contributed by atoms with van der Waals surface area (Å²) in [7, 11) is 1.56. The van der Waals surface area contributed by atoms with Crippen LogP contribution in [0.3, 0.4) is 0 Å². The predicted molar refractivity (Wildman–Crippen MR) is 45.7 cm³/mol. The van der Waals surface area contributed by atoms with Crippen LogP contribution in [-0.2, 0) is 6.54 Å². The third kappa shape index (κ3) is 1.39. The normalized spacial score (nSPS) is 9.83. The highest BCUT2D eigenvalue weighted by Crippen LogP contribution is 2.07. The maximum atomic E-state index is 11.1. The molecule has 0 aromatic carbocycles. The van der Waals surface area contributed by atoms with Gasteiger partial charge in [-0.25, -0.2) is 0 Å². The molecule has 0 aliphatic carbocycles. The van der Waals surface area contributed by atoms with Crippen LogP contribution in [0.1, 0.15) is 17.3 Å². The van der Waals surface area contributed by atoms with Crippen LogP contribution in [0.15, 0.2) is 6.20 Å². The molecule has 5 heteroatoms. The molecule has 0 saturated heterocycles. The van der Waals surface area contributed by atoms with Crippen LogP contribution >= 0.6 is 0 Å². The van der Waals surface area contributed by atoms with Crippen molar-refractivity contribution in [1.82, 2.24) is 15.1 Å². The van der Waals surface area contributed by atoms with Gasteiger partial charge in [-0.15, -0.1) is 0 Å². The zero-order valence-corrected chi connectivity index (χ0v) is 7.16. The molecule has 3 N–H and O–H groups in total. The lowest BCUT2D eigenvalue weighted by Crippen LogP contribution is -2.18. The number of anilines is 1. The number of amides is 1. The number of carbonyl (C=O) groups is 1. The average Bonchev–Trinajstić information content (AvgIpc) is 2.45. The van der Waals surface area contributed by atoms with E-state index >= 15 is 0 Å². The molecule has 0 fully saturated rings. The number of nitrogens with zero attached hydrogens (tertiary/aromatic N) is 2. The number of nitrogens with two attached hydrogens (primary N) is 1. The van der Waals surface area contributed by atoms with Gasteiger partial charge in [0.25, 0.3) is 5.91 Å². The molecule has 0 bridgehead atoms. The first-order chi connectivity index (χ1) is 5.69. The van der Waals surface area contributed by atoms with E-state index in [1.807, 2.05) is 6.92 Å². The molecule has 12 heavy (non-hydrogen) atoms. The molecule has 0 saturated carbocycles. The summed E-state index contributed by atoms with van der Waals surface area (Å²) in [5.41, 5.74) is 5.93. The van der Waals surface area contributed by atoms with Crippen LogP contribution in [0, 0.1) is 0 Å². The Kier molecular flexibility index (Phi) is 2.32. The zero-order chi connectivity index (χ0) is 9.14. The summed E-state index contributed by atoms with van der Waals surface area (Å²) in [6.07, 6.45) is 1.63. The fourth-order valence-electron chi connectivity index (χ4n) is 0.908. The zero-order valence-electron chi connectivity index (χ0n) is 7.16. The molecule has 0 unspecified atom stereocenters. The predicted octanol–water partition coefficient (Wildman–Crippen LogP) is -0.155. The molecule has 1 aromatic heterocycles. The molecule has 0 aliphatic heterocycles. The number of hydrogen-bond acceptors (Lipinski definition) is 3. The molecular formula is C7H12N4O. The highest BCUT2D eigenvalue weighted by Gasteiger charge is 2.11. The van der Waals surface area contributed by atoms with Crippen LogP contribution in [0.25, 0.3) is 0 Å². The van der Waals surface area contributed by atoms with Crippen LogP contribution in [0.2, 0.25) is 0 Å². The van der Waals surface area contributed by atoms with Crippen molar-refractivity contribution in [3.63, 3.8) is 0 Å². The Bertz CT molecular complexity index is 292. The van der Waals surface area contributed by atoms with Crippen LogP contribution in [0.5, 0.6) is 0 Å². The Balaban J connectivity index is 2.99. The Morgan fingerprint density at radius 3 is 2.92 bits per heavy atom. The lowest BCUT2D eigenvalue weighted by molar-refractivity contribution is 0.0964. The first kappa shape index (κ1) is 8.58. The highest BCUT2D eigenvalue weighted by molar-refractivity contribution is 5.97. The largest absolute Gasteiger partial charge is 0.382 e. The second-order valence-corrected chi connectivity index (χ2v) is 2.36. The van der Waals surface area contributed by atoms with Crippen LogP contribution in [-0.4, -0.2) is 22.7 Å². The van der Waals surface area contributed by atoms with Gasteiger partial charge in [0.05, 0.1) is 0 Å². The van der Waals surface area contributed by atoms with E-state index in [0.29, 0.717) is 12.1 Å². The summed E-state index contributed by atoms with van der Waals surface area (Å²) >= 11 is 0. The van der Waals surface area contributed by atoms with E-state index in [-0.39, 0.29) is 11.7 Å². The van der Waals surface area contributed by atoms with Gasteiger partial charge < -0.3 is 11.1 Å². The number of aryl methyl sites for hydroxylation is 1. The molecule has 1 rings (SSSR count). The summed E-state index contributed by atoms with van der Waals surface area (Å²) in [4.78, 5) is 11.1. The maximum absolute atomic E-state index is 11.1. The third-order valence-electron chi connectivity index (χ3n) is 1.59. The third-order valence-corrected chi connectivity index (χ3v) is 1.59. The number of rotatable bonds is 2. The lowest BCUT2D eigenvalue weighted by atomic mass is 10.3. The monoisotopic (exact) mass is 168 g/mol. The summed E-state index contributed by atoms with van der Waals surface area (Å²) in [6, 6.07) is 0. The Labute approximate surface area is 70.5 Å². The molecule has 0 atom stereocenters. The first-order valence-corrected chi connectivity index (χ1v) is 3.74. The van der Waals surface area contributed by atoms with Gasteiger partial charge in [0.2, 0.25) is 0 Å². The molecule has 1 amide bonds. The molecule has 66 valence electrons. The van der Waals surface area contributed by atoms with Crippen LogP contribution in [0.4, 0.5) is 5.82 Å². The number of carbonyl (C=O) groups excluding carboxylic acids is 1. The van der Waals surface area contributed by atoms with E-state index in [9.17, 15) is 4.79 Å². The van der Waals surface area contributed by atoms with Gasteiger partial charge in [-0.05, 0) is 6.92 Å². The van der Waals surface area contributed by atoms with E-state index in [1.165, 1.54) is 0 Å². The minimum atomic E-state index is -0.202. The Morgan fingerprint density at radius 1 is 1.83 bits per heavy atom. The lowest BCUT2D eigenvalue weighted by Gasteiger charge is -1.93. The number of nitrogens with one attached hydrogen (secondary N) is 1. The standard InChI is InChI=1S/C7H12N4O/c1-3-11-4-5(6(8)10-11)7(12)9-2/h4H,3H2,1-2H3,(H2,8,10)(H,9,12). The molecule has 0 aliphatic rings. The summed E-state index contributed by atoms with van der Waals surface area (Å²) in [5, 5.41) is 6.42. The van der Waals surface area contributed by atoms with Crippen molar-refractivity contribution in [2.24, 2.45) is 0 Å². The van der Waals surface area contributed by atoms with Gasteiger partial charge in [0.15, 0.2) is 5.82 Å². The second kappa shape index (κ2) is 3.25. The van der Waals surface area contributed by atoms with Crippen molar-refractivity contribution < 1.29 is 4.79 Å². The fourth-order valence-corrected chi connectivity index (χ4v) is 0.908.